The lowest BCUT2D eigenvalue weighted by molar-refractivity contribution is -0.0972. The molecule has 3 heteroatoms. The fourth-order valence-electron chi connectivity index (χ4n) is 1.81. The molecule has 1 fully saturated rings. The molecule has 1 rings (SSSR count). The molecule has 0 aromatic heterocycles. The molecule has 0 saturated heterocycles. The molecule has 0 bridgehead atoms. The van der Waals surface area contributed by atoms with Gasteiger partial charge in [-0.25, -0.2) is 0 Å². The quantitative estimate of drug-likeness (QED) is 0.619. The molecular formula is C11H22O3. The van der Waals surface area contributed by atoms with Crippen LogP contribution in [0.1, 0.15) is 39.0 Å². The zero-order valence-corrected chi connectivity index (χ0v) is 9.33. The van der Waals surface area contributed by atoms with E-state index >= 15 is 0 Å². The highest BCUT2D eigenvalue weighted by Gasteiger charge is 2.21. The molecule has 0 unspecified atom stereocenters. The Hall–Kier alpha value is -0.120. The first-order chi connectivity index (χ1) is 6.86. The Balaban J connectivity index is 2.05. The van der Waals surface area contributed by atoms with E-state index in [1.54, 1.807) is 7.11 Å². The molecule has 0 aromatic carbocycles. The van der Waals surface area contributed by atoms with Gasteiger partial charge in [0.15, 0.2) is 0 Å². The van der Waals surface area contributed by atoms with Crippen molar-refractivity contribution >= 4 is 0 Å². The van der Waals surface area contributed by atoms with Gasteiger partial charge in [-0.2, -0.15) is 0 Å². The van der Waals surface area contributed by atoms with Gasteiger partial charge in [-0.05, 0) is 32.1 Å². The van der Waals surface area contributed by atoms with E-state index in [0.717, 1.165) is 38.7 Å². The molecule has 0 aromatic rings. The summed E-state index contributed by atoms with van der Waals surface area (Å²) < 4.78 is 16.1. The second-order valence-corrected chi connectivity index (χ2v) is 3.84. The van der Waals surface area contributed by atoms with Crippen LogP contribution in [0.2, 0.25) is 0 Å². The van der Waals surface area contributed by atoms with Gasteiger partial charge in [-0.3, -0.25) is 0 Å². The normalized spacial score (nSPS) is 27.9. The number of methoxy groups -OCH3 is 1. The lowest BCUT2D eigenvalue weighted by Crippen LogP contribution is -2.27. The average Bonchev–Trinajstić information content (AvgIpc) is 2.25. The first kappa shape index (κ1) is 12.0. The topological polar surface area (TPSA) is 27.7 Å². The summed E-state index contributed by atoms with van der Waals surface area (Å²) in [5, 5.41) is 0. The van der Waals surface area contributed by atoms with E-state index in [0.29, 0.717) is 19.0 Å². The highest BCUT2D eigenvalue weighted by Crippen LogP contribution is 2.23. The number of hydrogen-bond donors (Lipinski definition) is 0. The van der Waals surface area contributed by atoms with Crippen molar-refractivity contribution in [1.29, 1.82) is 0 Å². The summed E-state index contributed by atoms with van der Waals surface area (Å²) in [6.45, 7) is 3.47. The minimum Gasteiger partial charge on any atom is -0.378 e. The first-order valence-electron chi connectivity index (χ1n) is 5.59. The molecule has 1 aliphatic carbocycles. The van der Waals surface area contributed by atoms with Crippen molar-refractivity contribution in [2.75, 3.05) is 20.5 Å². The Kier molecular flexibility index (Phi) is 6.15. The van der Waals surface area contributed by atoms with Crippen LogP contribution in [0.25, 0.3) is 0 Å². The third-order valence-corrected chi connectivity index (χ3v) is 2.60. The van der Waals surface area contributed by atoms with Crippen molar-refractivity contribution in [2.45, 2.75) is 51.2 Å². The van der Waals surface area contributed by atoms with Gasteiger partial charge in [-0.1, -0.05) is 6.92 Å². The minimum atomic E-state index is 0.386. The van der Waals surface area contributed by atoms with Crippen molar-refractivity contribution in [3.05, 3.63) is 0 Å². The van der Waals surface area contributed by atoms with Crippen molar-refractivity contribution in [3.8, 4) is 0 Å². The SMILES string of the molecule is CCCOC1CCC(OCOC)CC1. The van der Waals surface area contributed by atoms with Gasteiger partial charge in [0.2, 0.25) is 0 Å². The molecule has 84 valence electrons. The molecule has 14 heavy (non-hydrogen) atoms. The molecule has 0 atom stereocenters. The van der Waals surface area contributed by atoms with Gasteiger partial charge in [0.1, 0.15) is 6.79 Å². The van der Waals surface area contributed by atoms with Gasteiger partial charge < -0.3 is 14.2 Å². The van der Waals surface area contributed by atoms with Crippen LogP contribution >= 0.6 is 0 Å². The molecule has 0 spiro atoms. The summed E-state index contributed by atoms with van der Waals surface area (Å²) in [7, 11) is 1.66. The average molecular weight is 202 g/mol. The second-order valence-electron chi connectivity index (χ2n) is 3.84. The zero-order valence-electron chi connectivity index (χ0n) is 9.33. The van der Waals surface area contributed by atoms with Crippen molar-refractivity contribution < 1.29 is 14.2 Å². The second kappa shape index (κ2) is 7.21. The van der Waals surface area contributed by atoms with E-state index in [1.807, 2.05) is 0 Å². The number of ether oxygens (including phenoxy) is 3. The molecule has 0 heterocycles. The molecule has 0 amide bonds. The van der Waals surface area contributed by atoms with Crippen LogP contribution in [0.5, 0.6) is 0 Å². The largest absolute Gasteiger partial charge is 0.378 e. The van der Waals surface area contributed by atoms with Gasteiger partial charge in [0.05, 0.1) is 12.2 Å². The van der Waals surface area contributed by atoms with Gasteiger partial charge >= 0.3 is 0 Å². The lowest BCUT2D eigenvalue weighted by atomic mass is 9.95. The fourth-order valence-corrected chi connectivity index (χ4v) is 1.81. The highest BCUT2D eigenvalue weighted by molar-refractivity contribution is 4.72. The Morgan fingerprint density at radius 3 is 2.07 bits per heavy atom. The zero-order chi connectivity index (χ0) is 10.2. The molecule has 1 saturated carbocycles. The Morgan fingerprint density at radius 1 is 1.00 bits per heavy atom. The van der Waals surface area contributed by atoms with Crippen LogP contribution in [-0.4, -0.2) is 32.7 Å². The van der Waals surface area contributed by atoms with E-state index in [9.17, 15) is 0 Å². The Morgan fingerprint density at radius 2 is 1.57 bits per heavy atom. The van der Waals surface area contributed by atoms with Crippen LogP contribution in [0.4, 0.5) is 0 Å². The Labute approximate surface area is 86.7 Å². The summed E-state index contributed by atoms with van der Waals surface area (Å²) in [5.74, 6) is 0. The maximum atomic E-state index is 5.70. The minimum absolute atomic E-state index is 0.386. The molecule has 0 aliphatic heterocycles. The third kappa shape index (κ3) is 4.40. The maximum absolute atomic E-state index is 5.70. The summed E-state index contributed by atoms with van der Waals surface area (Å²) in [4.78, 5) is 0. The van der Waals surface area contributed by atoms with Crippen molar-refractivity contribution in [1.82, 2.24) is 0 Å². The predicted octanol–water partition coefficient (Wildman–Crippen LogP) is 2.34. The number of hydrogen-bond acceptors (Lipinski definition) is 3. The van der Waals surface area contributed by atoms with Crippen molar-refractivity contribution in [3.63, 3.8) is 0 Å². The smallest absolute Gasteiger partial charge is 0.146 e. The van der Waals surface area contributed by atoms with E-state index < -0.39 is 0 Å². The van der Waals surface area contributed by atoms with E-state index in [1.165, 1.54) is 0 Å². The number of rotatable bonds is 6. The summed E-state index contributed by atoms with van der Waals surface area (Å²) in [5.41, 5.74) is 0. The fraction of sp³-hybridized carbons (Fsp3) is 1.00. The summed E-state index contributed by atoms with van der Waals surface area (Å²) in [6, 6.07) is 0. The van der Waals surface area contributed by atoms with Crippen LogP contribution < -0.4 is 0 Å². The van der Waals surface area contributed by atoms with E-state index in [-0.39, 0.29) is 0 Å². The van der Waals surface area contributed by atoms with Gasteiger partial charge in [0.25, 0.3) is 0 Å². The predicted molar refractivity (Wildman–Crippen MR) is 55.2 cm³/mol. The van der Waals surface area contributed by atoms with E-state index in [4.69, 9.17) is 14.2 Å². The third-order valence-electron chi connectivity index (χ3n) is 2.60. The Bertz CT molecular complexity index is 114. The monoisotopic (exact) mass is 202 g/mol. The van der Waals surface area contributed by atoms with Gasteiger partial charge in [0, 0.05) is 13.7 Å². The lowest BCUT2D eigenvalue weighted by Gasteiger charge is -2.28. The molecule has 1 aliphatic rings. The summed E-state index contributed by atoms with van der Waals surface area (Å²) >= 11 is 0. The summed E-state index contributed by atoms with van der Waals surface area (Å²) in [6.07, 6.45) is 6.45. The molecule has 0 N–H and O–H groups in total. The van der Waals surface area contributed by atoms with Crippen LogP contribution in [-0.2, 0) is 14.2 Å². The van der Waals surface area contributed by atoms with E-state index in [2.05, 4.69) is 6.92 Å². The van der Waals surface area contributed by atoms with Gasteiger partial charge in [-0.15, -0.1) is 0 Å². The highest BCUT2D eigenvalue weighted by atomic mass is 16.7. The maximum Gasteiger partial charge on any atom is 0.146 e. The van der Waals surface area contributed by atoms with Crippen molar-refractivity contribution in [2.24, 2.45) is 0 Å². The van der Waals surface area contributed by atoms with Crippen LogP contribution in [0.15, 0.2) is 0 Å². The molecule has 3 nitrogen and oxygen atoms in total. The molecular weight excluding hydrogens is 180 g/mol. The molecule has 0 radical (unpaired) electrons. The first-order valence-corrected chi connectivity index (χ1v) is 5.59. The van der Waals surface area contributed by atoms with Crippen LogP contribution in [0, 0.1) is 0 Å². The van der Waals surface area contributed by atoms with Crippen LogP contribution in [0.3, 0.4) is 0 Å². The standard InChI is InChI=1S/C11H22O3/c1-3-8-13-10-4-6-11(7-5-10)14-9-12-2/h10-11H,3-9H2,1-2H3.